The Bertz CT molecular complexity index is 4310. The smallest absolute Gasteiger partial charge is 0.164 e. The fraction of sp³-hybridized carbons (Fsp3) is 0.176. The van der Waals surface area contributed by atoms with Crippen LogP contribution in [0.4, 0.5) is 0 Å². The van der Waals surface area contributed by atoms with Gasteiger partial charge in [-0.2, -0.15) is 0 Å². The fourth-order valence-electron chi connectivity index (χ4n) is 14.3. The maximum Gasteiger partial charge on any atom is 0.164 e. The molecule has 0 saturated heterocycles. The first-order valence-electron chi connectivity index (χ1n) is 28.3. The molecule has 0 saturated carbocycles. The van der Waals surface area contributed by atoms with Gasteiger partial charge in [0.1, 0.15) is 22.6 Å². The number of benzene rings is 8. The van der Waals surface area contributed by atoms with E-state index < -0.39 is 0 Å². The molecule has 4 atom stereocenters. The van der Waals surface area contributed by atoms with Crippen molar-refractivity contribution in [1.29, 1.82) is 0 Å². The average Bonchev–Trinajstić information content (AvgIpc) is 2.39. The summed E-state index contributed by atoms with van der Waals surface area (Å²) in [6.45, 7) is 3.25. The number of fused-ring (bicyclic) bond motifs is 24. The fourth-order valence-corrected chi connectivity index (χ4v) is 14.3. The monoisotopic (exact) mass is 1230 g/mol. The summed E-state index contributed by atoms with van der Waals surface area (Å²) in [6.07, 6.45) is 3.71. The van der Waals surface area contributed by atoms with Crippen LogP contribution >= 0.6 is 24.8 Å². The minimum atomic E-state index is -0.244. The maximum absolute atomic E-state index is 5.88. The van der Waals surface area contributed by atoms with Crippen molar-refractivity contribution in [1.82, 2.24) is 61.1 Å². The van der Waals surface area contributed by atoms with E-state index in [1.807, 2.05) is 12.1 Å². The average molecular weight is 1230 g/mol. The van der Waals surface area contributed by atoms with Crippen molar-refractivity contribution < 1.29 is 0 Å². The zero-order valence-corrected chi connectivity index (χ0v) is 51.0. The number of hydrogen-bond donors (Lipinski definition) is 6. The standard InChI is InChI=1S/C68H54N12.2ClH.Sn.2H/c1-5-19-41-37(15-1)29-33-69-57(41)51-52(58-42-20-6-2-16-38(42)30-34-70-58)54(60-44-22-8-4-18-40(44)32-36-72-60)56-55(53(51)59-43-21-7-3-17-39(43)31-35-71-59)67-78-65-49-27-13-11-25-47(49)63(76-65)74-61-45-23-9-10-24-46(45)62(73-61)75-64-48-26-12-14-28-50(48)66(77-64)79-68(56)80-67;;;;;/h1-28,57-60,69-72H,29-36H2,(H2,73,74,75,76,77,78,79,80);2*1H;;;. The number of hydrogen-bond acceptors (Lipinski definition) is 10. The zero-order chi connectivity index (χ0) is 52.4. The summed E-state index contributed by atoms with van der Waals surface area (Å²) in [5.41, 5.74) is 21.6. The van der Waals surface area contributed by atoms with Gasteiger partial charge in [-0.05, 0) is 92.4 Å². The van der Waals surface area contributed by atoms with Crippen LogP contribution in [0.15, 0.2) is 170 Å². The minimum absolute atomic E-state index is 0. The van der Waals surface area contributed by atoms with E-state index in [4.69, 9.17) is 29.9 Å². The summed E-state index contributed by atoms with van der Waals surface area (Å²) in [5.74, 6) is 2.29. The van der Waals surface area contributed by atoms with E-state index in [2.05, 4.69) is 189 Å². The van der Waals surface area contributed by atoms with Gasteiger partial charge in [0.25, 0.3) is 0 Å². The molecule has 15 heteroatoms. The van der Waals surface area contributed by atoms with Gasteiger partial charge in [0, 0.05) is 70.0 Å². The number of halogens is 2. The molecule has 0 fully saturated rings. The molecule has 0 aliphatic carbocycles. The molecule has 6 aliphatic heterocycles. The van der Waals surface area contributed by atoms with Crippen LogP contribution in [0.5, 0.6) is 0 Å². The van der Waals surface area contributed by atoms with E-state index in [-0.39, 0.29) is 72.9 Å². The van der Waals surface area contributed by atoms with Crippen LogP contribution < -0.4 is 21.3 Å². The van der Waals surface area contributed by atoms with Gasteiger partial charge in [-0.1, -0.05) is 170 Å². The molecule has 83 heavy (non-hydrogen) atoms. The van der Waals surface area contributed by atoms with Crippen LogP contribution in [0.25, 0.3) is 89.7 Å². The maximum atomic E-state index is 5.88. The van der Waals surface area contributed by atoms with Crippen LogP contribution in [-0.2, 0) is 25.7 Å². The molecule has 17 rings (SSSR count). The topological polar surface area (TPSA) is 157 Å². The van der Waals surface area contributed by atoms with Crippen LogP contribution in [0.3, 0.4) is 0 Å². The van der Waals surface area contributed by atoms with Crippen molar-refractivity contribution in [2.75, 3.05) is 26.2 Å². The summed E-state index contributed by atoms with van der Waals surface area (Å²) in [5, 5.41) is 20.7. The molecule has 6 aliphatic rings. The van der Waals surface area contributed by atoms with Crippen molar-refractivity contribution in [2.45, 2.75) is 49.9 Å². The number of H-pyrrole nitrogens is 2. The Labute approximate surface area is 508 Å². The van der Waals surface area contributed by atoms with Gasteiger partial charge >= 0.3 is 23.9 Å². The third-order valence-electron chi connectivity index (χ3n) is 17.7. The van der Waals surface area contributed by atoms with Crippen molar-refractivity contribution in [3.8, 4) is 45.6 Å². The van der Waals surface area contributed by atoms with E-state index >= 15 is 0 Å². The van der Waals surface area contributed by atoms with Gasteiger partial charge in [-0.25, -0.2) is 29.9 Å². The second kappa shape index (κ2) is 21.5. The van der Waals surface area contributed by atoms with Gasteiger partial charge in [0.2, 0.25) is 0 Å². The van der Waals surface area contributed by atoms with Crippen molar-refractivity contribution >= 4 is 92.9 Å². The molecule has 8 bridgehead atoms. The van der Waals surface area contributed by atoms with Gasteiger partial charge in [0.15, 0.2) is 23.3 Å². The van der Waals surface area contributed by atoms with Gasteiger partial charge in [-0.3, -0.25) is 0 Å². The molecule has 2 radical (unpaired) electrons. The third kappa shape index (κ3) is 8.55. The molecule has 4 unspecified atom stereocenters. The number of rotatable bonds is 4. The summed E-state index contributed by atoms with van der Waals surface area (Å²) in [6, 6.07) is 60.3. The summed E-state index contributed by atoms with van der Waals surface area (Å²) in [4.78, 5) is 41.0. The first-order valence-corrected chi connectivity index (χ1v) is 28.3. The molecule has 0 spiro atoms. The SMILES string of the molecule is Cl.Cl.[SnH2].c1ccc2c(c1)CCNC2c1c(C2NCCc3ccccc32)c(C2NCCc3ccccc32)c2c3nc4nc(nc5[nH]c(nc6nc(nc([nH]3)c2c1C1NCCc2ccccc21)-c1ccccc1-6)c1ccccc51)-c1ccccc1-4. The van der Waals surface area contributed by atoms with Gasteiger partial charge in [0.05, 0.1) is 24.2 Å². The molecule has 9 heterocycles. The Hall–Kier alpha value is -7.66. The van der Waals surface area contributed by atoms with Gasteiger partial charge in [-0.15, -0.1) is 24.8 Å². The summed E-state index contributed by atoms with van der Waals surface area (Å²) in [7, 11) is 0. The predicted molar refractivity (Wildman–Crippen MR) is 339 cm³/mol. The van der Waals surface area contributed by atoms with Crippen LogP contribution in [0.2, 0.25) is 0 Å². The molecule has 11 aromatic rings. The Morgan fingerprint density at radius 2 is 0.554 bits per heavy atom. The third-order valence-corrected chi connectivity index (χ3v) is 17.7. The molecule has 0 amide bonds. The molecule has 6 N–H and O–H groups in total. The van der Waals surface area contributed by atoms with Crippen molar-refractivity contribution in [3.05, 3.63) is 237 Å². The van der Waals surface area contributed by atoms with E-state index in [1.165, 1.54) is 66.8 Å². The molecule has 8 aromatic carbocycles. The molecule has 3 aromatic heterocycles. The first-order chi connectivity index (χ1) is 39.7. The largest absolute Gasteiger partial charge is 0.324 e. The van der Waals surface area contributed by atoms with Crippen molar-refractivity contribution in [2.24, 2.45) is 0 Å². The first kappa shape index (κ1) is 53.4. The number of aromatic amines is 2. The zero-order valence-electron chi connectivity index (χ0n) is 45.3. The molecular formula is C68H58Cl2N12Sn. The van der Waals surface area contributed by atoms with E-state index in [0.717, 1.165) is 95.7 Å². The van der Waals surface area contributed by atoms with E-state index in [9.17, 15) is 0 Å². The van der Waals surface area contributed by atoms with E-state index in [1.54, 1.807) is 0 Å². The second-order valence-electron chi connectivity index (χ2n) is 22.0. The summed E-state index contributed by atoms with van der Waals surface area (Å²) >= 11 is 0. The number of nitrogens with one attached hydrogen (secondary N) is 6. The Morgan fingerprint density at radius 3 is 0.892 bits per heavy atom. The molecule has 12 nitrogen and oxygen atoms in total. The summed E-state index contributed by atoms with van der Waals surface area (Å²) < 4.78 is 0. The molecular weight excluding hydrogens is 1170 g/mol. The van der Waals surface area contributed by atoms with E-state index in [0.29, 0.717) is 45.9 Å². The normalized spacial score (nSPS) is 18.2. The van der Waals surface area contributed by atoms with Crippen LogP contribution in [0.1, 0.15) is 90.9 Å². The molecule has 408 valence electrons. The van der Waals surface area contributed by atoms with Crippen LogP contribution in [0, 0.1) is 0 Å². The van der Waals surface area contributed by atoms with Gasteiger partial charge < -0.3 is 31.2 Å². The Kier molecular flexibility index (Phi) is 13.8. The number of nitrogens with zero attached hydrogens (tertiary/aromatic N) is 6. The minimum Gasteiger partial charge on any atom is -0.324 e. The Morgan fingerprint density at radius 1 is 0.289 bits per heavy atom. The second-order valence-corrected chi connectivity index (χ2v) is 22.0. The predicted octanol–water partition coefficient (Wildman–Crippen LogP) is 11.7. The van der Waals surface area contributed by atoms with Crippen molar-refractivity contribution in [3.63, 3.8) is 0 Å². The van der Waals surface area contributed by atoms with Crippen LogP contribution in [-0.4, -0.2) is 90.0 Å². The Balaban J connectivity index is 0.00000205. The number of aromatic nitrogens is 8. The quantitative estimate of drug-likeness (QED) is 0.0938.